The highest BCUT2D eigenvalue weighted by Gasteiger charge is 2.38. The maximum atomic E-state index is 12.3. The van der Waals surface area contributed by atoms with Crippen LogP contribution in [-0.2, 0) is 11.2 Å². The number of nitrogens with one attached hydrogen (secondary N) is 1. The van der Waals surface area contributed by atoms with Crippen LogP contribution in [0.3, 0.4) is 0 Å². The van der Waals surface area contributed by atoms with Crippen LogP contribution in [0.15, 0.2) is 0 Å². The first-order valence-corrected chi connectivity index (χ1v) is 9.76. The zero-order chi connectivity index (χ0) is 16.9. The molecule has 1 saturated carbocycles. The Morgan fingerprint density at radius 3 is 2.56 bits per heavy atom. The molecule has 1 aromatic rings. The Hall–Kier alpha value is -1.69. The van der Waals surface area contributed by atoms with Crippen molar-refractivity contribution in [3.05, 3.63) is 17.1 Å². The Bertz CT molecular complexity index is 685. The lowest BCUT2D eigenvalue weighted by atomic mass is 9.72. The number of fused-ring (bicyclic) bond motifs is 1. The van der Waals surface area contributed by atoms with Gasteiger partial charge in [-0.2, -0.15) is 0 Å². The molecular weight excluding hydrogens is 316 g/mol. The van der Waals surface area contributed by atoms with Gasteiger partial charge in [-0.15, -0.1) is 0 Å². The molecule has 1 aromatic heterocycles. The molecule has 3 aliphatic heterocycles. The fourth-order valence-corrected chi connectivity index (χ4v) is 4.57. The summed E-state index contributed by atoms with van der Waals surface area (Å²) in [7, 11) is 0. The number of amides is 1. The zero-order valence-electron chi connectivity index (χ0n) is 14.7. The zero-order valence-corrected chi connectivity index (χ0v) is 14.7. The van der Waals surface area contributed by atoms with Gasteiger partial charge in [-0.25, -0.2) is 9.97 Å². The second-order valence-electron chi connectivity index (χ2n) is 8.11. The first kappa shape index (κ1) is 15.6. The maximum Gasteiger partial charge on any atom is 0.270 e. The van der Waals surface area contributed by atoms with Gasteiger partial charge in [0, 0.05) is 44.3 Å². The van der Waals surface area contributed by atoms with E-state index in [1.165, 1.54) is 25.7 Å². The van der Waals surface area contributed by atoms with Gasteiger partial charge in [0.25, 0.3) is 5.91 Å². The molecular formula is C19H26N4O2. The van der Waals surface area contributed by atoms with E-state index in [2.05, 4.69) is 15.2 Å². The Morgan fingerprint density at radius 1 is 1.08 bits per heavy atom. The number of nitrogens with zero attached hydrogens (tertiary/aromatic N) is 3. The van der Waals surface area contributed by atoms with Gasteiger partial charge in [0.2, 0.25) is 0 Å². The highest BCUT2D eigenvalue weighted by atomic mass is 16.5. The minimum Gasteiger partial charge on any atom is -0.381 e. The van der Waals surface area contributed by atoms with Crippen LogP contribution in [0, 0.1) is 5.41 Å². The third kappa shape index (κ3) is 2.80. The number of aromatic nitrogens is 2. The number of carbonyl (C=O) groups is 1. The second-order valence-corrected chi connectivity index (χ2v) is 8.11. The Morgan fingerprint density at radius 2 is 1.84 bits per heavy atom. The highest BCUT2D eigenvalue weighted by Crippen LogP contribution is 2.43. The second kappa shape index (κ2) is 5.94. The molecule has 0 radical (unpaired) electrons. The van der Waals surface area contributed by atoms with Crippen molar-refractivity contribution < 1.29 is 9.53 Å². The number of anilines is 1. The topological polar surface area (TPSA) is 67.4 Å². The van der Waals surface area contributed by atoms with Crippen LogP contribution in [0.1, 0.15) is 66.3 Å². The highest BCUT2D eigenvalue weighted by molar-refractivity contribution is 5.96. The maximum absolute atomic E-state index is 12.3. The van der Waals surface area contributed by atoms with Crippen LogP contribution in [-0.4, -0.2) is 48.7 Å². The lowest BCUT2D eigenvalue weighted by Gasteiger charge is -2.45. The Kier molecular flexibility index (Phi) is 3.69. The molecule has 1 spiro atoms. The SMILES string of the molecule is O=C1NCCc2c1nc(C1CC1)nc2N1CCC2(CCOCC2)CC1. The van der Waals surface area contributed by atoms with Crippen LogP contribution in [0.2, 0.25) is 0 Å². The third-order valence-electron chi connectivity index (χ3n) is 6.50. The molecule has 0 bridgehead atoms. The van der Waals surface area contributed by atoms with Gasteiger partial charge >= 0.3 is 0 Å². The van der Waals surface area contributed by atoms with Gasteiger partial charge in [0.05, 0.1) is 0 Å². The molecule has 5 rings (SSSR count). The van der Waals surface area contributed by atoms with Gasteiger partial charge in [-0.1, -0.05) is 0 Å². The summed E-state index contributed by atoms with van der Waals surface area (Å²) in [5.74, 6) is 2.37. The number of hydrogen-bond acceptors (Lipinski definition) is 5. The van der Waals surface area contributed by atoms with Crippen molar-refractivity contribution in [2.45, 2.75) is 50.9 Å². The molecule has 6 heteroatoms. The largest absolute Gasteiger partial charge is 0.381 e. The molecule has 2 saturated heterocycles. The van der Waals surface area contributed by atoms with Gasteiger partial charge in [-0.3, -0.25) is 4.79 Å². The average molecular weight is 342 g/mol. The van der Waals surface area contributed by atoms with Crippen molar-refractivity contribution in [2.24, 2.45) is 5.41 Å². The minimum absolute atomic E-state index is 0.0234. The number of hydrogen-bond donors (Lipinski definition) is 1. The molecule has 0 aromatic carbocycles. The van der Waals surface area contributed by atoms with E-state index in [9.17, 15) is 4.79 Å². The first-order chi connectivity index (χ1) is 12.2. The van der Waals surface area contributed by atoms with Crippen molar-refractivity contribution >= 4 is 11.7 Å². The summed E-state index contributed by atoms with van der Waals surface area (Å²) in [5, 5.41) is 2.94. The summed E-state index contributed by atoms with van der Waals surface area (Å²) in [6.45, 7) is 4.59. The molecule has 1 aliphatic carbocycles. The predicted octanol–water partition coefficient (Wildman–Crippen LogP) is 2.04. The molecule has 25 heavy (non-hydrogen) atoms. The molecule has 3 fully saturated rings. The van der Waals surface area contributed by atoms with Gasteiger partial charge in [-0.05, 0) is 50.4 Å². The van der Waals surface area contributed by atoms with Crippen molar-refractivity contribution in [1.82, 2.24) is 15.3 Å². The molecule has 134 valence electrons. The number of piperidine rings is 1. The number of carbonyl (C=O) groups excluding carboxylic acids is 1. The summed E-state index contributed by atoms with van der Waals surface area (Å²) >= 11 is 0. The van der Waals surface area contributed by atoms with Crippen molar-refractivity contribution in [1.29, 1.82) is 0 Å². The monoisotopic (exact) mass is 342 g/mol. The van der Waals surface area contributed by atoms with Gasteiger partial charge in [0.15, 0.2) is 0 Å². The molecule has 4 heterocycles. The predicted molar refractivity (Wildman–Crippen MR) is 94.0 cm³/mol. The van der Waals surface area contributed by atoms with E-state index in [1.54, 1.807) is 0 Å². The molecule has 6 nitrogen and oxygen atoms in total. The van der Waals surface area contributed by atoms with Crippen LogP contribution >= 0.6 is 0 Å². The smallest absolute Gasteiger partial charge is 0.270 e. The van der Waals surface area contributed by atoms with Crippen molar-refractivity contribution in [3.8, 4) is 0 Å². The van der Waals surface area contributed by atoms with E-state index in [-0.39, 0.29) is 5.91 Å². The summed E-state index contributed by atoms with van der Waals surface area (Å²) in [6, 6.07) is 0. The molecule has 4 aliphatic rings. The average Bonchev–Trinajstić information content (AvgIpc) is 3.48. The molecule has 1 N–H and O–H groups in total. The van der Waals surface area contributed by atoms with Crippen LogP contribution < -0.4 is 10.2 Å². The van der Waals surface area contributed by atoms with Gasteiger partial charge < -0.3 is 15.0 Å². The summed E-state index contributed by atoms with van der Waals surface area (Å²) in [6.07, 6.45) is 7.96. The molecule has 0 unspecified atom stereocenters. The fraction of sp³-hybridized carbons (Fsp3) is 0.737. The third-order valence-corrected chi connectivity index (χ3v) is 6.50. The van der Waals surface area contributed by atoms with Gasteiger partial charge in [0.1, 0.15) is 17.3 Å². The minimum atomic E-state index is -0.0234. The Balaban J connectivity index is 1.44. The normalized spacial score (nSPS) is 25.6. The summed E-state index contributed by atoms with van der Waals surface area (Å²) in [4.78, 5) is 24.3. The van der Waals surface area contributed by atoms with E-state index in [4.69, 9.17) is 9.72 Å². The molecule has 0 atom stereocenters. The van der Waals surface area contributed by atoms with Crippen molar-refractivity contribution in [2.75, 3.05) is 37.7 Å². The first-order valence-electron chi connectivity index (χ1n) is 9.76. The van der Waals surface area contributed by atoms with Crippen LogP contribution in [0.25, 0.3) is 0 Å². The van der Waals surface area contributed by atoms with Crippen LogP contribution in [0.5, 0.6) is 0 Å². The fourth-order valence-electron chi connectivity index (χ4n) is 4.57. The van der Waals surface area contributed by atoms with E-state index < -0.39 is 0 Å². The number of rotatable bonds is 2. The van der Waals surface area contributed by atoms with Crippen molar-refractivity contribution in [3.63, 3.8) is 0 Å². The summed E-state index contributed by atoms with van der Waals surface area (Å²) in [5.41, 5.74) is 2.17. The summed E-state index contributed by atoms with van der Waals surface area (Å²) < 4.78 is 5.57. The van der Waals surface area contributed by atoms with E-state index in [1.807, 2.05) is 0 Å². The quantitative estimate of drug-likeness (QED) is 0.891. The lowest BCUT2D eigenvalue weighted by molar-refractivity contribution is 0.00203. The Labute approximate surface area is 148 Å². The number of ether oxygens (including phenoxy) is 1. The van der Waals surface area contributed by atoms with E-state index in [0.717, 1.165) is 62.8 Å². The lowest BCUT2D eigenvalue weighted by Crippen LogP contribution is -2.44. The van der Waals surface area contributed by atoms with Crippen LogP contribution in [0.4, 0.5) is 5.82 Å². The molecule has 1 amide bonds. The van der Waals surface area contributed by atoms with E-state index >= 15 is 0 Å². The van der Waals surface area contributed by atoms with E-state index in [0.29, 0.717) is 23.6 Å². The standard InChI is InChI=1S/C19H26N4O2/c24-18-15-14(3-8-20-18)17(22-16(21-15)13-1-2-13)23-9-4-19(5-10-23)6-11-25-12-7-19/h13H,1-12H2,(H,20,24).